The Kier molecular flexibility index (Phi) is 8.62. The van der Waals surface area contributed by atoms with Crippen LogP contribution in [0.4, 0.5) is 15.8 Å². The molecule has 2 N–H and O–H groups in total. The van der Waals surface area contributed by atoms with Gasteiger partial charge in [-0.1, -0.05) is 23.7 Å². The Labute approximate surface area is 237 Å². The van der Waals surface area contributed by atoms with Crippen LogP contribution in [0.1, 0.15) is 37.5 Å². The van der Waals surface area contributed by atoms with Crippen molar-refractivity contribution < 1.29 is 18.8 Å². The third kappa shape index (κ3) is 6.43. The second kappa shape index (κ2) is 12.5. The molecule has 208 valence electrons. The number of hydrogen-bond donors (Lipinski definition) is 2. The van der Waals surface area contributed by atoms with E-state index in [9.17, 15) is 18.8 Å². The van der Waals surface area contributed by atoms with Crippen molar-refractivity contribution in [2.45, 2.75) is 6.42 Å². The Hall–Kier alpha value is -3.95. The molecule has 2 aliphatic rings. The minimum atomic E-state index is -0.446. The van der Waals surface area contributed by atoms with Crippen molar-refractivity contribution in [1.82, 2.24) is 15.1 Å². The number of piperazine rings is 1. The minimum absolute atomic E-state index is 0.0889. The molecule has 0 saturated carbocycles. The van der Waals surface area contributed by atoms with Crippen LogP contribution in [0.2, 0.25) is 5.02 Å². The van der Waals surface area contributed by atoms with Crippen molar-refractivity contribution >= 4 is 40.7 Å². The standard InChI is InChI=1S/C30H31ClFN5O3/c31-24-6-1-4-21(18-24)28(38)34-26-20-23(30(40)37-14-10-33-11-15-37)8-9-27(26)35-12-3-13-36(17-16-35)29(39)22-5-2-7-25(32)19-22/h1-2,4-9,18-20,33H,3,10-17H2,(H,34,38). The number of anilines is 2. The maximum absolute atomic E-state index is 13.7. The Morgan fingerprint density at radius 3 is 2.20 bits per heavy atom. The van der Waals surface area contributed by atoms with Crippen LogP contribution in [0.25, 0.3) is 0 Å². The van der Waals surface area contributed by atoms with Crippen LogP contribution < -0.4 is 15.5 Å². The van der Waals surface area contributed by atoms with Gasteiger partial charge in [0, 0.05) is 74.1 Å². The topological polar surface area (TPSA) is 85.0 Å². The molecule has 2 fully saturated rings. The van der Waals surface area contributed by atoms with Crippen LogP contribution in [-0.4, -0.2) is 79.9 Å². The van der Waals surface area contributed by atoms with Crippen molar-refractivity contribution in [3.63, 3.8) is 0 Å². The van der Waals surface area contributed by atoms with E-state index < -0.39 is 5.82 Å². The summed E-state index contributed by atoms with van der Waals surface area (Å²) in [5.74, 6) is -1.09. The molecule has 5 rings (SSSR count). The lowest BCUT2D eigenvalue weighted by molar-refractivity contribution is 0.0734. The molecule has 3 amide bonds. The number of amides is 3. The maximum atomic E-state index is 13.7. The Morgan fingerprint density at radius 1 is 0.750 bits per heavy atom. The molecule has 0 aromatic heterocycles. The highest BCUT2D eigenvalue weighted by atomic mass is 35.5. The summed E-state index contributed by atoms with van der Waals surface area (Å²) in [5.41, 5.74) is 2.48. The van der Waals surface area contributed by atoms with Gasteiger partial charge in [0.1, 0.15) is 5.82 Å². The number of nitrogens with zero attached hydrogens (tertiary/aromatic N) is 3. The zero-order valence-corrected chi connectivity index (χ0v) is 22.8. The first-order valence-electron chi connectivity index (χ1n) is 13.4. The summed E-state index contributed by atoms with van der Waals surface area (Å²) in [7, 11) is 0. The van der Waals surface area contributed by atoms with Crippen molar-refractivity contribution in [3.8, 4) is 0 Å². The largest absolute Gasteiger partial charge is 0.368 e. The minimum Gasteiger partial charge on any atom is -0.368 e. The van der Waals surface area contributed by atoms with E-state index in [-0.39, 0.29) is 17.7 Å². The predicted molar refractivity (Wildman–Crippen MR) is 154 cm³/mol. The SMILES string of the molecule is O=C(Nc1cc(C(=O)N2CCNCC2)ccc1N1CCCN(C(=O)c2cccc(F)c2)CC1)c1cccc(Cl)c1. The van der Waals surface area contributed by atoms with Crippen LogP contribution in [0.5, 0.6) is 0 Å². The average Bonchev–Trinajstić information content (AvgIpc) is 3.23. The molecule has 3 aromatic rings. The van der Waals surface area contributed by atoms with E-state index in [1.807, 2.05) is 6.07 Å². The van der Waals surface area contributed by atoms with E-state index in [2.05, 4.69) is 15.5 Å². The predicted octanol–water partition coefficient (Wildman–Crippen LogP) is 4.13. The fourth-order valence-electron chi connectivity index (χ4n) is 5.09. The number of nitrogens with one attached hydrogen (secondary N) is 2. The molecule has 0 unspecified atom stereocenters. The van der Waals surface area contributed by atoms with Crippen LogP contribution in [0, 0.1) is 5.82 Å². The van der Waals surface area contributed by atoms with Gasteiger partial charge < -0.3 is 25.3 Å². The molecular formula is C30H31ClFN5O3. The van der Waals surface area contributed by atoms with E-state index >= 15 is 0 Å². The number of rotatable bonds is 5. The number of hydrogen-bond acceptors (Lipinski definition) is 5. The first-order chi connectivity index (χ1) is 19.4. The summed E-state index contributed by atoms with van der Waals surface area (Å²) in [6, 6.07) is 17.8. The van der Waals surface area contributed by atoms with Gasteiger partial charge in [0.2, 0.25) is 0 Å². The second-order valence-electron chi connectivity index (χ2n) is 9.88. The van der Waals surface area contributed by atoms with Gasteiger partial charge >= 0.3 is 0 Å². The van der Waals surface area contributed by atoms with E-state index in [0.717, 1.165) is 18.8 Å². The van der Waals surface area contributed by atoms with Crippen molar-refractivity contribution in [2.24, 2.45) is 0 Å². The number of halogens is 2. The average molecular weight is 564 g/mol. The highest BCUT2D eigenvalue weighted by Crippen LogP contribution is 2.30. The summed E-state index contributed by atoms with van der Waals surface area (Å²) in [4.78, 5) is 45.1. The van der Waals surface area contributed by atoms with Crippen molar-refractivity contribution in [3.05, 3.63) is 94.3 Å². The van der Waals surface area contributed by atoms with Gasteiger partial charge in [-0.15, -0.1) is 0 Å². The first kappa shape index (κ1) is 27.6. The smallest absolute Gasteiger partial charge is 0.255 e. The fourth-order valence-corrected chi connectivity index (χ4v) is 5.28. The second-order valence-corrected chi connectivity index (χ2v) is 10.3. The molecule has 2 saturated heterocycles. The lowest BCUT2D eigenvalue weighted by atomic mass is 10.1. The van der Waals surface area contributed by atoms with E-state index in [4.69, 9.17) is 11.6 Å². The Bertz CT molecular complexity index is 1410. The maximum Gasteiger partial charge on any atom is 0.255 e. The molecule has 0 atom stereocenters. The summed E-state index contributed by atoms with van der Waals surface area (Å²) in [6.07, 6.45) is 0.685. The molecule has 3 aromatic carbocycles. The van der Waals surface area contributed by atoms with Gasteiger partial charge in [0.15, 0.2) is 0 Å². The lowest BCUT2D eigenvalue weighted by Crippen LogP contribution is -2.46. The molecule has 2 aliphatic heterocycles. The zero-order valence-electron chi connectivity index (χ0n) is 22.0. The van der Waals surface area contributed by atoms with Gasteiger partial charge in [-0.3, -0.25) is 14.4 Å². The summed E-state index contributed by atoms with van der Waals surface area (Å²) < 4.78 is 13.7. The number of benzene rings is 3. The van der Waals surface area contributed by atoms with E-state index in [0.29, 0.717) is 73.1 Å². The molecule has 8 nitrogen and oxygen atoms in total. The molecule has 10 heteroatoms. The molecule has 40 heavy (non-hydrogen) atoms. The molecular weight excluding hydrogens is 533 g/mol. The monoisotopic (exact) mass is 563 g/mol. The highest BCUT2D eigenvalue weighted by molar-refractivity contribution is 6.31. The third-order valence-electron chi connectivity index (χ3n) is 7.18. The summed E-state index contributed by atoms with van der Waals surface area (Å²) >= 11 is 6.11. The van der Waals surface area contributed by atoms with Gasteiger partial charge in [-0.2, -0.15) is 0 Å². The van der Waals surface area contributed by atoms with Crippen LogP contribution in [0.3, 0.4) is 0 Å². The normalized spacial score (nSPS) is 15.9. The van der Waals surface area contributed by atoms with Gasteiger partial charge in [0.05, 0.1) is 11.4 Å². The number of carbonyl (C=O) groups excluding carboxylic acids is 3. The molecule has 0 radical (unpaired) electrons. The van der Waals surface area contributed by atoms with Crippen molar-refractivity contribution in [2.75, 3.05) is 62.6 Å². The molecule has 2 heterocycles. The Morgan fingerprint density at radius 2 is 1.45 bits per heavy atom. The van der Waals surface area contributed by atoms with Crippen LogP contribution >= 0.6 is 11.6 Å². The summed E-state index contributed by atoms with van der Waals surface area (Å²) in [6.45, 7) is 4.80. The molecule has 0 bridgehead atoms. The zero-order chi connectivity index (χ0) is 28.1. The van der Waals surface area contributed by atoms with Crippen molar-refractivity contribution in [1.29, 1.82) is 0 Å². The lowest BCUT2D eigenvalue weighted by Gasteiger charge is -2.29. The molecule has 0 spiro atoms. The molecule has 0 aliphatic carbocycles. The van der Waals surface area contributed by atoms with Gasteiger partial charge in [-0.05, 0) is 61.0 Å². The summed E-state index contributed by atoms with van der Waals surface area (Å²) in [5, 5.41) is 6.69. The van der Waals surface area contributed by atoms with Crippen LogP contribution in [-0.2, 0) is 0 Å². The first-order valence-corrected chi connectivity index (χ1v) is 13.8. The van der Waals surface area contributed by atoms with Gasteiger partial charge in [0.25, 0.3) is 17.7 Å². The van der Waals surface area contributed by atoms with Crippen LogP contribution in [0.15, 0.2) is 66.7 Å². The number of carbonyl (C=O) groups is 3. The van der Waals surface area contributed by atoms with Gasteiger partial charge in [-0.25, -0.2) is 4.39 Å². The van der Waals surface area contributed by atoms with E-state index in [1.54, 1.807) is 52.3 Å². The Balaban J connectivity index is 1.39. The highest BCUT2D eigenvalue weighted by Gasteiger charge is 2.25. The quantitative estimate of drug-likeness (QED) is 0.488. The van der Waals surface area contributed by atoms with E-state index in [1.165, 1.54) is 18.2 Å². The fraction of sp³-hybridized carbons (Fsp3) is 0.300. The third-order valence-corrected chi connectivity index (χ3v) is 7.41.